The normalized spacial score (nSPS) is 10.9. The number of ether oxygens (including phenoxy) is 2. The van der Waals surface area contributed by atoms with Crippen LogP contribution in [0.5, 0.6) is 5.75 Å². The van der Waals surface area contributed by atoms with Gasteiger partial charge in [-0.3, -0.25) is 19.6 Å². The predicted octanol–water partition coefficient (Wildman–Crippen LogP) is 4.31. The number of hydrogen-bond donors (Lipinski definition) is 1. The van der Waals surface area contributed by atoms with Crippen molar-refractivity contribution in [2.75, 3.05) is 19.0 Å². The van der Waals surface area contributed by atoms with E-state index in [0.717, 1.165) is 22.5 Å². The maximum Gasteiger partial charge on any atom is 0.331 e. The zero-order valence-corrected chi connectivity index (χ0v) is 20.0. The summed E-state index contributed by atoms with van der Waals surface area (Å²) < 4.78 is 11.9. The van der Waals surface area contributed by atoms with Crippen LogP contribution in [0.2, 0.25) is 5.02 Å². The van der Waals surface area contributed by atoms with Gasteiger partial charge in [-0.2, -0.15) is 5.10 Å². The Labute approximate surface area is 206 Å². The minimum absolute atomic E-state index is 0.110. The molecule has 35 heavy (non-hydrogen) atoms. The van der Waals surface area contributed by atoms with Crippen LogP contribution in [-0.4, -0.2) is 40.3 Å². The Bertz CT molecular complexity index is 1300. The lowest BCUT2D eigenvalue weighted by atomic mass is 10.1. The van der Waals surface area contributed by atoms with Gasteiger partial charge in [0.2, 0.25) is 0 Å². The molecule has 0 aliphatic heterocycles. The second-order valence-corrected chi connectivity index (χ2v) is 7.87. The second-order valence-electron chi connectivity index (χ2n) is 7.46. The van der Waals surface area contributed by atoms with Crippen LogP contribution in [0.25, 0.3) is 6.08 Å². The lowest BCUT2D eigenvalue weighted by Crippen LogP contribution is -2.20. The van der Waals surface area contributed by atoms with Crippen LogP contribution in [0.3, 0.4) is 0 Å². The number of aryl methyl sites for hydroxylation is 1. The van der Waals surface area contributed by atoms with Crippen LogP contribution in [0, 0.1) is 24.0 Å². The highest BCUT2D eigenvalue weighted by Gasteiger charge is 2.15. The van der Waals surface area contributed by atoms with Gasteiger partial charge in [0.15, 0.2) is 6.61 Å². The number of anilines is 1. The molecule has 0 atom stereocenters. The molecule has 1 aromatic heterocycles. The highest BCUT2D eigenvalue weighted by molar-refractivity contribution is 6.31. The summed E-state index contributed by atoms with van der Waals surface area (Å²) >= 11 is 6.24. The summed E-state index contributed by atoms with van der Waals surface area (Å²) in [6.07, 6.45) is 2.80. The molecule has 3 rings (SSSR count). The molecule has 0 fully saturated rings. The zero-order chi connectivity index (χ0) is 25.5. The first kappa shape index (κ1) is 25.4. The Kier molecular flexibility index (Phi) is 8.21. The zero-order valence-electron chi connectivity index (χ0n) is 19.3. The van der Waals surface area contributed by atoms with Crippen molar-refractivity contribution in [1.29, 1.82) is 0 Å². The van der Waals surface area contributed by atoms with E-state index in [1.165, 1.54) is 31.4 Å². The number of carbonyl (C=O) groups excluding carboxylic acids is 2. The van der Waals surface area contributed by atoms with Crippen LogP contribution < -0.4 is 10.1 Å². The number of rotatable bonds is 9. The molecule has 2 aromatic carbocycles. The molecule has 0 saturated heterocycles. The average molecular weight is 499 g/mol. The summed E-state index contributed by atoms with van der Waals surface area (Å²) in [5.41, 5.74) is 3.28. The minimum Gasteiger partial charge on any atom is -0.494 e. The monoisotopic (exact) mass is 498 g/mol. The van der Waals surface area contributed by atoms with Gasteiger partial charge in [0.05, 0.1) is 36.0 Å². The Morgan fingerprint density at radius 1 is 1.23 bits per heavy atom. The van der Waals surface area contributed by atoms with E-state index in [1.807, 2.05) is 38.1 Å². The maximum atomic E-state index is 12.2. The van der Waals surface area contributed by atoms with Crippen LogP contribution in [0.4, 0.5) is 11.4 Å². The number of amides is 1. The third-order valence-electron chi connectivity index (χ3n) is 5.12. The lowest BCUT2D eigenvalue weighted by molar-refractivity contribution is -0.384. The van der Waals surface area contributed by atoms with Crippen LogP contribution in [0.15, 0.2) is 48.5 Å². The van der Waals surface area contributed by atoms with Crippen molar-refractivity contribution in [2.45, 2.75) is 20.4 Å². The van der Waals surface area contributed by atoms with E-state index >= 15 is 0 Å². The Hall–Kier alpha value is -4.18. The van der Waals surface area contributed by atoms with Gasteiger partial charge in [0.1, 0.15) is 5.75 Å². The van der Waals surface area contributed by atoms with Gasteiger partial charge in [-0.1, -0.05) is 29.8 Å². The SMILES string of the molecule is COc1cc([N+](=O)[O-])ccc1NC(=O)COC(=O)/C=C/c1c(C)nn(Cc2ccccc2Cl)c1C. The number of non-ortho nitro benzene ring substituents is 1. The third-order valence-corrected chi connectivity index (χ3v) is 5.49. The van der Waals surface area contributed by atoms with Gasteiger partial charge < -0.3 is 14.8 Å². The number of carbonyl (C=O) groups is 2. The highest BCUT2D eigenvalue weighted by Crippen LogP contribution is 2.29. The first-order valence-electron chi connectivity index (χ1n) is 10.4. The van der Waals surface area contributed by atoms with Crippen molar-refractivity contribution < 1.29 is 24.0 Å². The number of halogens is 1. The fraction of sp³-hybridized carbons (Fsp3) is 0.208. The van der Waals surface area contributed by atoms with Gasteiger partial charge >= 0.3 is 5.97 Å². The third kappa shape index (κ3) is 6.45. The molecule has 0 saturated carbocycles. The molecule has 1 N–H and O–H groups in total. The van der Waals surface area contributed by atoms with E-state index in [0.29, 0.717) is 11.6 Å². The van der Waals surface area contributed by atoms with Crippen molar-refractivity contribution in [3.05, 3.63) is 86.2 Å². The average Bonchev–Trinajstić information content (AvgIpc) is 3.09. The van der Waals surface area contributed by atoms with Gasteiger partial charge in [-0.15, -0.1) is 0 Å². The van der Waals surface area contributed by atoms with E-state index in [4.69, 9.17) is 21.1 Å². The van der Waals surface area contributed by atoms with Crippen molar-refractivity contribution in [3.8, 4) is 5.75 Å². The number of esters is 1. The van der Waals surface area contributed by atoms with Crippen molar-refractivity contribution >= 4 is 40.9 Å². The predicted molar refractivity (Wildman–Crippen MR) is 131 cm³/mol. The van der Waals surface area contributed by atoms with E-state index in [9.17, 15) is 19.7 Å². The summed E-state index contributed by atoms with van der Waals surface area (Å²) in [6, 6.07) is 11.2. The molecule has 0 radical (unpaired) electrons. The summed E-state index contributed by atoms with van der Waals surface area (Å²) in [5.74, 6) is -1.23. The van der Waals surface area contributed by atoms with Gasteiger partial charge in [0, 0.05) is 28.4 Å². The quantitative estimate of drug-likeness (QED) is 0.201. The molecule has 0 aliphatic rings. The number of aromatic nitrogens is 2. The fourth-order valence-corrected chi connectivity index (χ4v) is 3.51. The van der Waals surface area contributed by atoms with Crippen molar-refractivity contribution in [2.24, 2.45) is 0 Å². The molecule has 1 amide bonds. The molecule has 0 bridgehead atoms. The molecule has 10 nitrogen and oxygen atoms in total. The van der Waals surface area contributed by atoms with Gasteiger partial charge in [0.25, 0.3) is 11.6 Å². The van der Waals surface area contributed by atoms with E-state index in [2.05, 4.69) is 10.4 Å². The Balaban J connectivity index is 1.59. The number of benzene rings is 2. The molecule has 3 aromatic rings. The molecule has 0 unspecified atom stereocenters. The molecular weight excluding hydrogens is 476 g/mol. The number of nitro groups is 1. The van der Waals surface area contributed by atoms with Crippen LogP contribution >= 0.6 is 11.6 Å². The summed E-state index contributed by atoms with van der Waals surface area (Å²) in [4.78, 5) is 34.6. The summed E-state index contributed by atoms with van der Waals surface area (Å²) in [5, 5.41) is 18.5. The largest absolute Gasteiger partial charge is 0.494 e. The number of methoxy groups -OCH3 is 1. The topological polar surface area (TPSA) is 126 Å². The molecule has 182 valence electrons. The summed E-state index contributed by atoms with van der Waals surface area (Å²) in [7, 11) is 1.32. The minimum atomic E-state index is -0.714. The molecule has 0 spiro atoms. The van der Waals surface area contributed by atoms with E-state index < -0.39 is 23.4 Å². The summed E-state index contributed by atoms with van der Waals surface area (Å²) in [6.45, 7) is 3.64. The Morgan fingerprint density at radius 2 is 1.97 bits per heavy atom. The van der Waals surface area contributed by atoms with E-state index in [1.54, 1.807) is 10.8 Å². The maximum absolute atomic E-state index is 12.2. The Morgan fingerprint density at radius 3 is 2.66 bits per heavy atom. The number of nitro benzene ring substituents is 1. The van der Waals surface area contributed by atoms with E-state index in [-0.39, 0.29) is 17.1 Å². The van der Waals surface area contributed by atoms with Crippen molar-refractivity contribution in [3.63, 3.8) is 0 Å². The van der Waals surface area contributed by atoms with Crippen LogP contribution in [-0.2, 0) is 20.9 Å². The number of nitrogens with one attached hydrogen (secondary N) is 1. The highest BCUT2D eigenvalue weighted by atomic mass is 35.5. The van der Waals surface area contributed by atoms with Gasteiger partial charge in [-0.25, -0.2) is 4.79 Å². The van der Waals surface area contributed by atoms with Crippen molar-refractivity contribution in [1.82, 2.24) is 9.78 Å². The number of nitrogens with zero attached hydrogens (tertiary/aromatic N) is 3. The molecular formula is C24H23ClN4O6. The van der Waals surface area contributed by atoms with Gasteiger partial charge in [-0.05, 0) is 37.6 Å². The van der Waals surface area contributed by atoms with Crippen LogP contribution in [0.1, 0.15) is 22.5 Å². The first-order valence-corrected chi connectivity index (χ1v) is 10.8. The molecule has 0 aliphatic carbocycles. The number of hydrogen-bond acceptors (Lipinski definition) is 7. The molecule has 11 heteroatoms. The standard InChI is InChI=1S/C24H23ClN4O6/c1-15-19(16(2)28(27-15)13-17-6-4-5-7-20(17)25)9-11-24(31)35-14-23(30)26-21-10-8-18(29(32)33)12-22(21)34-3/h4-12H,13-14H2,1-3H3,(H,26,30)/b11-9+. The first-order chi connectivity index (χ1) is 16.7. The fourth-order valence-electron chi connectivity index (χ4n) is 3.31. The second kappa shape index (κ2) is 11.3. The smallest absolute Gasteiger partial charge is 0.331 e. The lowest BCUT2D eigenvalue weighted by Gasteiger charge is -2.09. The molecule has 1 heterocycles.